The van der Waals surface area contributed by atoms with Crippen molar-refractivity contribution >= 4 is 11.6 Å². The molecule has 0 aliphatic carbocycles. The Bertz CT molecular complexity index is 626. The maximum absolute atomic E-state index is 11.9. The molecule has 0 aliphatic heterocycles. The summed E-state index contributed by atoms with van der Waals surface area (Å²) in [5, 5.41) is 26.2. The van der Waals surface area contributed by atoms with Crippen LogP contribution in [0.25, 0.3) is 0 Å². The second kappa shape index (κ2) is 5.78. The number of phenols is 1. The van der Waals surface area contributed by atoms with Gasteiger partial charge < -0.3 is 14.9 Å². The summed E-state index contributed by atoms with van der Waals surface area (Å²) in [6, 6.07) is 3.26. The van der Waals surface area contributed by atoms with Crippen LogP contribution in [-0.4, -0.2) is 32.6 Å². The van der Waals surface area contributed by atoms with Crippen LogP contribution in [-0.2, 0) is 6.42 Å². The molecule has 0 aliphatic rings. The standard InChI is InChI=1S/C11H10N4O5/c16-7-1-2-9(15(18)19)8(5-7)11(17)12-4-3-10-13-6-20-14-10/h1-2,5-6,16H,3-4H2,(H,12,17). The molecule has 0 spiro atoms. The summed E-state index contributed by atoms with van der Waals surface area (Å²) in [5.41, 5.74) is -0.581. The lowest BCUT2D eigenvalue weighted by atomic mass is 10.1. The van der Waals surface area contributed by atoms with Gasteiger partial charge in [-0.05, 0) is 12.1 Å². The van der Waals surface area contributed by atoms with Crippen molar-refractivity contribution in [1.29, 1.82) is 0 Å². The van der Waals surface area contributed by atoms with Crippen LogP contribution in [0.4, 0.5) is 5.69 Å². The molecule has 1 aromatic heterocycles. The molecule has 2 N–H and O–H groups in total. The van der Waals surface area contributed by atoms with Crippen LogP contribution >= 0.6 is 0 Å². The van der Waals surface area contributed by atoms with E-state index >= 15 is 0 Å². The van der Waals surface area contributed by atoms with Gasteiger partial charge in [-0.15, -0.1) is 0 Å². The van der Waals surface area contributed by atoms with Crippen molar-refractivity contribution in [3.63, 3.8) is 0 Å². The average molecular weight is 278 g/mol. The number of nitrogens with zero attached hydrogens (tertiary/aromatic N) is 3. The van der Waals surface area contributed by atoms with E-state index in [9.17, 15) is 20.0 Å². The number of rotatable bonds is 5. The van der Waals surface area contributed by atoms with Crippen LogP contribution < -0.4 is 5.32 Å². The van der Waals surface area contributed by atoms with E-state index < -0.39 is 10.8 Å². The van der Waals surface area contributed by atoms with Crippen LogP contribution in [0.15, 0.2) is 29.1 Å². The molecular formula is C11H10N4O5. The van der Waals surface area contributed by atoms with E-state index in [0.717, 1.165) is 24.6 Å². The Balaban J connectivity index is 2.05. The molecule has 104 valence electrons. The lowest BCUT2D eigenvalue weighted by Gasteiger charge is -2.05. The summed E-state index contributed by atoms with van der Waals surface area (Å²) < 4.78 is 4.53. The Kier molecular flexibility index (Phi) is 3.89. The molecule has 0 saturated heterocycles. The number of nitro groups is 1. The van der Waals surface area contributed by atoms with Crippen molar-refractivity contribution < 1.29 is 19.3 Å². The molecule has 1 aromatic carbocycles. The van der Waals surface area contributed by atoms with Crippen LogP contribution in [0.5, 0.6) is 5.75 Å². The number of nitro benzene ring substituents is 1. The zero-order valence-corrected chi connectivity index (χ0v) is 10.1. The molecule has 0 radical (unpaired) electrons. The normalized spacial score (nSPS) is 10.2. The fourth-order valence-electron chi connectivity index (χ4n) is 1.55. The molecule has 20 heavy (non-hydrogen) atoms. The fraction of sp³-hybridized carbons (Fsp3) is 0.182. The minimum absolute atomic E-state index is 0.186. The highest BCUT2D eigenvalue weighted by atomic mass is 16.6. The van der Waals surface area contributed by atoms with Crippen molar-refractivity contribution in [2.24, 2.45) is 0 Å². The Hall–Kier alpha value is -2.97. The molecule has 9 heteroatoms. The number of carbonyl (C=O) groups excluding carboxylic acids is 1. The van der Waals surface area contributed by atoms with Crippen molar-refractivity contribution in [2.75, 3.05) is 6.54 Å². The van der Waals surface area contributed by atoms with E-state index in [0.29, 0.717) is 12.2 Å². The molecule has 0 bridgehead atoms. The minimum Gasteiger partial charge on any atom is -0.508 e. The third-order valence-electron chi connectivity index (χ3n) is 2.46. The molecule has 2 rings (SSSR count). The minimum atomic E-state index is -0.687. The lowest BCUT2D eigenvalue weighted by Crippen LogP contribution is -2.26. The van der Waals surface area contributed by atoms with Gasteiger partial charge in [-0.25, -0.2) is 0 Å². The van der Waals surface area contributed by atoms with E-state index in [2.05, 4.69) is 20.0 Å². The van der Waals surface area contributed by atoms with Gasteiger partial charge in [0.1, 0.15) is 11.3 Å². The molecule has 0 fully saturated rings. The van der Waals surface area contributed by atoms with Gasteiger partial charge in [-0.3, -0.25) is 14.9 Å². The summed E-state index contributed by atoms with van der Waals surface area (Å²) in [4.78, 5) is 25.8. The third kappa shape index (κ3) is 3.07. The smallest absolute Gasteiger partial charge is 0.282 e. The number of phenolic OH excluding ortho intramolecular Hbond substituents is 1. The molecule has 0 unspecified atom stereocenters. The Labute approximate surface area is 112 Å². The summed E-state index contributed by atoms with van der Waals surface area (Å²) >= 11 is 0. The number of nitrogens with one attached hydrogen (secondary N) is 1. The first kappa shape index (κ1) is 13.5. The first-order valence-electron chi connectivity index (χ1n) is 5.59. The summed E-state index contributed by atoms with van der Waals surface area (Å²) in [6.45, 7) is 0.186. The second-order valence-corrected chi connectivity index (χ2v) is 3.81. The number of hydrogen-bond donors (Lipinski definition) is 2. The first-order valence-corrected chi connectivity index (χ1v) is 5.59. The highest BCUT2D eigenvalue weighted by Gasteiger charge is 2.20. The highest BCUT2D eigenvalue weighted by Crippen LogP contribution is 2.22. The van der Waals surface area contributed by atoms with Gasteiger partial charge in [0.25, 0.3) is 11.6 Å². The number of amides is 1. The topological polar surface area (TPSA) is 131 Å². The van der Waals surface area contributed by atoms with Gasteiger partial charge >= 0.3 is 0 Å². The zero-order chi connectivity index (χ0) is 14.5. The highest BCUT2D eigenvalue weighted by molar-refractivity contribution is 5.98. The maximum Gasteiger partial charge on any atom is 0.282 e. The Morgan fingerprint density at radius 1 is 1.50 bits per heavy atom. The van der Waals surface area contributed by atoms with Gasteiger partial charge in [-0.2, -0.15) is 4.98 Å². The van der Waals surface area contributed by atoms with Gasteiger partial charge in [0.05, 0.1) is 4.92 Å². The van der Waals surface area contributed by atoms with Crippen LogP contribution in [0, 0.1) is 10.1 Å². The molecule has 1 amide bonds. The number of hydrogen-bond acceptors (Lipinski definition) is 7. The van der Waals surface area contributed by atoms with Crippen molar-refractivity contribution in [3.05, 3.63) is 46.1 Å². The number of aromatic nitrogens is 2. The number of carbonyl (C=O) groups is 1. The van der Waals surface area contributed by atoms with Gasteiger partial charge in [0.2, 0.25) is 6.39 Å². The molecule has 0 atom stereocenters. The number of benzene rings is 1. The SMILES string of the molecule is O=C(NCCc1ncon1)c1cc(O)ccc1[N+](=O)[O-]. The van der Waals surface area contributed by atoms with Gasteiger partial charge in [0, 0.05) is 19.0 Å². The van der Waals surface area contributed by atoms with Crippen LogP contribution in [0.1, 0.15) is 16.2 Å². The second-order valence-electron chi connectivity index (χ2n) is 3.81. The molecular weight excluding hydrogens is 268 g/mol. The largest absolute Gasteiger partial charge is 0.508 e. The van der Waals surface area contributed by atoms with E-state index in [-0.39, 0.29) is 23.5 Å². The van der Waals surface area contributed by atoms with Crippen molar-refractivity contribution in [2.45, 2.75) is 6.42 Å². The average Bonchev–Trinajstić information content (AvgIpc) is 2.91. The number of aromatic hydroxyl groups is 1. The van der Waals surface area contributed by atoms with E-state index in [1.807, 2.05) is 0 Å². The van der Waals surface area contributed by atoms with Crippen LogP contribution in [0.2, 0.25) is 0 Å². The van der Waals surface area contributed by atoms with Crippen molar-refractivity contribution in [3.8, 4) is 5.75 Å². The lowest BCUT2D eigenvalue weighted by molar-refractivity contribution is -0.385. The summed E-state index contributed by atoms with van der Waals surface area (Å²) in [5.74, 6) is -0.467. The Morgan fingerprint density at radius 3 is 2.95 bits per heavy atom. The van der Waals surface area contributed by atoms with E-state index in [4.69, 9.17) is 0 Å². The third-order valence-corrected chi connectivity index (χ3v) is 2.46. The fourth-order valence-corrected chi connectivity index (χ4v) is 1.55. The quantitative estimate of drug-likeness (QED) is 0.606. The maximum atomic E-state index is 11.9. The van der Waals surface area contributed by atoms with Gasteiger partial charge in [-0.1, -0.05) is 5.16 Å². The monoisotopic (exact) mass is 278 g/mol. The van der Waals surface area contributed by atoms with E-state index in [1.54, 1.807) is 0 Å². The first-order chi connectivity index (χ1) is 9.58. The van der Waals surface area contributed by atoms with Crippen LogP contribution in [0.3, 0.4) is 0 Å². The van der Waals surface area contributed by atoms with Gasteiger partial charge in [0.15, 0.2) is 5.82 Å². The zero-order valence-electron chi connectivity index (χ0n) is 10.1. The predicted octanol–water partition coefficient (Wildman–Crippen LogP) is 0.656. The molecule has 2 aromatic rings. The summed E-state index contributed by atoms with van der Waals surface area (Å²) in [6.07, 6.45) is 1.49. The molecule has 0 saturated carbocycles. The molecule has 1 heterocycles. The van der Waals surface area contributed by atoms with Crippen molar-refractivity contribution in [1.82, 2.24) is 15.5 Å². The summed E-state index contributed by atoms with van der Waals surface area (Å²) in [7, 11) is 0. The predicted molar refractivity (Wildman–Crippen MR) is 65.1 cm³/mol. The Morgan fingerprint density at radius 2 is 2.30 bits per heavy atom. The van der Waals surface area contributed by atoms with E-state index in [1.165, 1.54) is 0 Å². The molecule has 9 nitrogen and oxygen atoms in total.